The summed E-state index contributed by atoms with van der Waals surface area (Å²) in [5.74, 6) is 0. The highest BCUT2D eigenvalue weighted by atomic mass is 31.2. The van der Waals surface area contributed by atoms with Gasteiger partial charge in [0, 0.05) is 63.3 Å². The molecule has 7 heteroatoms. The smallest absolute Gasteiger partial charge is 0.188 e. The molecule has 0 fully saturated rings. The van der Waals surface area contributed by atoms with Gasteiger partial charge in [-0.1, -0.05) is 66.7 Å². The molecule has 0 atom stereocenters. The normalized spacial score (nSPS) is 12.1. The van der Waals surface area contributed by atoms with E-state index in [9.17, 15) is 4.57 Å². The third-order valence-electron chi connectivity index (χ3n) is 8.69. The van der Waals surface area contributed by atoms with Crippen molar-refractivity contribution in [2.24, 2.45) is 0 Å². The Bertz CT molecular complexity index is 2570. The third kappa shape index (κ3) is 3.86. The maximum atomic E-state index is 14.7. The lowest BCUT2D eigenvalue weighted by molar-refractivity contribution is 0.592. The maximum absolute atomic E-state index is 14.7. The number of pyridine rings is 4. The third-order valence-corrected chi connectivity index (χ3v) is 11.7. The Balaban J connectivity index is 1.22. The molecule has 212 valence electrons. The van der Waals surface area contributed by atoms with Crippen molar-refractivity contribution in [1.29, 1.82) is 0 Å². The molecular formula is C38H24N5OP. The Kier molecular flexibility index (Phi) is 5.67. The highest BCUT2D eigenvalue weighted by Gasteiger charge is 2.31. The summed E-state index contributed by atoms with van der Waals surface area (Å²) in [5, 5.41) is 7.17. The van der Waals surface area contributed by atoms with Crippen molar-refractivity contribution in [2.75, 3.05) is 0 Å². The van der Waals surface area contributed by atoms with Crippen LogP contribution < -0.4 is 16.0 Å². The van der Waals surface area contributed by atoms with Gasteiger partial charge < -0.3 is 4.57 Å². The molecule has 5 aromatic heterocycles. The highest BCUT2D eigenvalue weighted by molar-refractivity contribution is 7.85. The molecule has 9 aromatic rings. The monoisotopic (exact) mass is 597 g/mol. The van der Waals surface area contributed by atoms with Gasteiger partial charge in [0.1, 0.15) is 11.1 Å². The summed E-state index contributed by atoms with van der Waals surface area (Å²) in [7, 11) is -3.21. The molecule has 0 aliphatic heterocycles. The van der Waals surface area contributed by atoms with Crippen LogP contribution >= 0.6 is 7.14 Å². The molecule has 5 heterocycles. The second-order valence-electron chi connectivity index (χ2n) is 11.1. The lowest BCUT2D eigenvalue weighted by Gasteiger charge is -2.19. The highest BCUT2D eigenvalue weighted by Crippen LogP contribution is 2.42. The number of hydrogen-bond acceptors (Lipinski definition) is 5. The predicted molar refractivity (Wildman–Crippen MR) is 183 cm³/mol. The van der Waals surface area contributed by atoms with Gasteiger partial charge in [0.05, 0.1) is 16.6 Å². The Morgan fingerprint density at radius 2 is 1.24 bits per heavy atom. The summed E-state index contributed by atoms with van der Waals surface area (Å²) in [6.07, 6.45) is 8.49. The quantitative estimate of drug-likeness (QED) is 0.156. The summed E-state index contributed by atoms with van der Waals surface area (Å²) in [5.41, 5.74) is 6.69. The van der Waals surface area contributed by atoms with Crippen molar-refractivity contribution >= 4 is 72.3 Å². The van der Waals surface area contributed by atoms with E-state index in [0.717, 1.165) is 49.5 Å². The SMILES string of the molecule is O=P(c1ccncc1)(c1ccncc1)c1ccc(-c2ccc3c(ccc4c5ccccc5c5nc6ccccc6n5c34)c2)cn1. The van der Waals surface area contributed by atoms with Crippen LogP contribution in [-0.2, 0) is 4.57 Å². The van der Waals surface area contributed by atoms with Crippen molar-refractivity contribution < 1.29 is 4.57 Å². The molecular weight excluding hydrogens is 573 g/mol. The van der Waals surface area contributed by atoms with Crippen molar-refractivity contribution in [3.8, 4) is 11.1 Å². The van der Waals surface area contributed by atoms with Crippen LogP contribution in [0, 0.1) is 0 Å². The zero-order valence-electron chi connectivity index (χ0n) is 23.9. The fourth-order valence-corrected chi connectivity index (χ4v) is 9.00. The molecule has 0 amide bonds. The molecule has 6 nitrogen and oxygen atoms in total. The molecule has 0 unspecified atom stereocenters. The molecule has 0 aliphatic carbocycles. The standard InChI is InChI=1S/C38H24N5OP/c44-45(28-15-19-39-20-16-28,29-17-21-40-22-18-29)36-14-11-27(24-41-36)25-9-12-30-26(23-25)10-13-32-31-5-1-2-6-33(31)38-42-34-7-3-4-8-35(34)43(38)37(30)32/h1-24H. The van der Waals surface area contributed by atoms with Gasteiger partial charge in [-0.05, 0) is 64.9 Å². The van der Waals surface area contributed by atoms with E-state index in [0.29, 0.717) is 16.0 Å². The average Bonchev–Trinajstić information content (AvgIpc) is 3.51. The second kappa shape index (κ2) is 9.91. The number of para-hydroxylation sites is 2. The van der Waals surface area contributed by atoms with Crippen LogP contribution in [0.4, 0.5) is 0 Å². The van der Waals surface area contributed by atoms with Gasteiger partial charge in [-0.3, -0.25) is 19.4 Å². The van der Waals surface area contributed by atoms with Crippen LogP contribution in [0.3, 0.4) is 0 Å². The number of imidazole rings is 1. The van der Waals surface area contributed by atoms with Gasteiger partial charge >= 0.3 is 0 Å². The topological polar surface area (TPSA) is 73.0 Å². The van der Waals surface area contributed by atoms with Gasteiger partial charge in [0.25, 0.3) is 0 Å². The van der Waals surface area contributed by atoms with Crippen LogP contribution in [0.15, 0.2) is 146 Å². The zero-order valence-corrected chi connectivity index (χ0v) is 24.8. The van der Waals surface area contributed by atoms with E-state index in [1.165, 1.54) is 10.8 Å². The van der Waals surface area contributed by atoms with E-state index >= 15 is 0 Å². The summed E-state index contributed by atoms with van der Waals surface area (Å²) in [6.45, 7) is 0. The first kappa shape index (κ1) is 25.8. The van der Waals surface area contributed by atoms with E-state index in [1.807, 2.05) is 24.4 Å². The number of aromatic nitrogens is 5. The fraction of sp³-hybridized carbons (Fsp3) is 0. The van der Waals surface area contributed by atoms with Crippen LogP contribution in [0.2, 0.25) is 0 Å². The van der Waals surface area contributed by atoms with E-state index in [-0.39, 0.29) is 0 Å². The Labute approximate surface area is 258 Å². The lowest BCUT2D eigenvalue weighted by atomic mass is 9.98. The van der Waals surface area contributed by atoms with Crippen molar-refractivity contribution in [2.45, 2.75) is 0 Å². The van der Waals surface area contributed by atoms with Crippen molar-refractivity contribution in [3.05, 3.63) is 146 Å². The number of benzene rings is 4. The number of fused-ring (bicyclic) bond motifs is 10. The second-order valence-corrected chi connectivity index (χ2v) is 13.8. The minimum Gasteiger partial charge on any atom is -0.307 e. The van der Waals surface area contributed by atoms with Gasteiger partial charge in [0.2, 0.25) is 0 Å². The minimum atomic E-state index is -3.21. The molecule has 0 spiro atoms. The summed E-state index contributed by atoms with van der Waals surface area (Å²) in [4.78, 5) is 18.1. The summed E-state index contributed by atoms with van der Waals surface area (Å²) in [6, 6.07) is 38.9. The van der Waals surface area contributed by atoms with Crippen molar-refractivity contribution in [1.82, 2.24) is 24.3 Å². The maximum Gasteiger partial charge on any atom is 0.188 e. The predicted octanol–water partition coefficient (Wildman–Crippen LogP) is 7.44. The summed E-state index contributed by atoms with van der Waals surface area (Å²) < 4.78 is 17.0. The lowest BCUT2D eigenvalue weighted by Crippen LogP contribution is -2.27. The summed E-state index contributed by atoms with van der Waals surface area (Å²) >= 11 is 0. The number of nitrogens with zero attached hydrogens (tertiary/aromatic N) is 5. The average molecular weight is 598 g/mol. The van der Waals surface area contributed by atoms with Crippen LogP contribution in [0.5, 0.6) is 0 Å². The van der Waals surface area contributed by atoms with Crippen LogP contribution in [-0.4, -0.2) is 24.3 Å². The van der Waals surface area contributed by atoms with Gasteiger partial charge in [-0.15, -0.1) is 0 Å². The fourth-order valence-electron chi connectivity index (χ4n) is 6.56. The molecule has 0 saturated heterocycles. The van der Waals surface area contributed by atoms with E-state index in [4.69, 9.17) is 9.97 Å². The van der Waals surface area contributed by atoms with E-state index < -0.39 is 7.14 Å². The molecule has 0 bridgehead atoms. The van der Waals surface area contributed by atoms with E-state index in [2.05, 4.69) is 87.2 Å². The zero-order chi connectivity index (χ0) is 30.0. The minimum absolute atomic E-state index is 0.525. The van der Waals surface area contributed by atoms with Gasteiger partial charge in [-0.25, -0.2) is 4.98 Å². The number of hydrogen-bond donors (Lipinski definition) is 0. The van der Waals surface area contributed by atoms with Crippen LogP contribution in [0.1, 0.15) is 0 Å². The molecule has 0 N–H and O–H groups in total. The first-order valence-electron chi connectivity index (χ1n) is 14.7. The number of rotatable bonds is 4. The van der Waals surface area contributed by atoms with Crippen LogP contribution in [0.25, 0.3) is 60.3 Å². The van der Waals surface area contributed by atoms with Crippen molar-refractivity contribution in [3.63, 3.8) is 0 Å². The Morgan fingerprint density at radius 3 is 1.98 bits per heavy atom. The molecule has 0 saturated carbocycles. The molecule has 4 aromatic carbocycles. The molecule has 0 radical (unpaired) electrons. The molecule has 9 rings (SSSR count). The Morgan fingerprint density at radius 1 is 0.578 bits per heavy atom. The molecule has 0 aliphatic rings. The first-order chi connectivity index (χ1) is 22.2. The first-order valence-corrected chi connectivity index (χ1v) is 16.4. The largest absolute Gasteiger partial charge is 0.307 e. The van der Waals surface area contributed by atoms with Gasteiger partial charge in [0.15, 0.2) is 7.14 Å². The van der Waals surface area contributed by atoms with E-state index in [1.54, 1.807) is 49.1 Å². The Hall–Kier alpha value is -5.71. The van der Waals surface area contributed by atoms with Gasteiger partial charge in [-0.2, -0.15) is 0 Å². The molecule has 45 heavy (non-hydrogen) atoms.